The molecular weight excluding hydrogens is 336 g/mol. The Morgan fingerprint density at radius 1 is 1.08 bits per heavy atom. The molecule has 25 heavy (non-hydrogen) atoms. The minimum absolute atomic E-state index is 0.342. The van der Waals surface area contributed by atoms with Crippen molar-refractivity contribution >= 4 is 29.9 Å². The first-order chi connectivity index (χ1) is 12.2. The van der Waals surface area contributed by atoms with Crippen molar-refractivity contribution in [2.75, 3.05) is 7.11 Å². The normalized spacial score (nSPS) is 10.9. The Morgan fingerprint density at radius 3 is 2.56 bits per heavy atom. The fourth-order valence-electron chi connectivity index (χ4n) is 2.08. The molecule has 2 aromatic carbocycles. The number of carbonyl (C=O) groups excluding carboxylic acids is 1. The van der Waals surface area contributed by atoms with Crippen molar-refractivity contribution < 1.29 is 13.9 Å². The first-order valence-corrected chi connectivity index (χ1v) is 8.60. The highest BCUT2D eigenvalue weighted by atomic mass is 32.2. The van der Waals surface area contributed by atoms with Crippen molar-refractivity contribution in [3.05, 3.63) is 77.2 Å². The molecule has 0 atom stereocenters. The monoisotopic (exact) mass is 352 g/mol. The van der Waals surface area contributed by atoms with Crippen LogP contribution in [0.3, 0.4) is 0 Å². The summed E-state index contributed by atoms with van der Waals surface area (Å²) in [6.45, 7) is 0. The lowest BCUT2D eigenvalue weighted by Crippen LogP contribution is -2.00. The summed E-state index contributed by atoms with van der Waals surface area (Å²) in [5.41, 5.74) is 2.65. The quantitative estimate of drug-likeness (QED) is 0.486. The van der Waals surface area contributed by atoms with Gasteiger partial charge in [-0.1, -0.05) is 54.2 Å². The molecule has 0 aliphatic rings. The van der Waals surface area contributed by atoms with E-state index in [0.717, 1.165) is 11.1 Å². The molecule has 0 radical (unpaired) electrons. The summed E-state index contributed by atoms with van der Waals surface area (Å²) in [6, 6.07) is 17.2. The molecule has 3 rings (SSSR count). The van der Waals surface area contributed by atoms with Crippen molar-refractivity contribution in [3.8, 4) is 0 Å². The van der Waals surface area contributed by atoms with Crippen molar-refractivity contribution in [2.45, 2.75) is 11.0 Å². The maximum Gasteiger partial charge on any atom is 0.337 e. The lowest BCUT2D eigenvalue weighted by Gasteiger charge is -2.01. The predicted octanol–water partition coefficient (Wildman–Crippen LogP) is 4.32. The van der Waals surface area contributed by atoms with Gasteiger partial charge in [-0.05, 0) is 29.3 Å². The summed E-state index contributed by atoms with van der Waals surface area (Å²) in [6.07, 6.45) is 3.71. The summed E-state index contributed by atoms with van der Waals surface area (Å²) in [5.74, 6) is 0.796. The molecule has 6 heteroatoms. The molecule has 0 aliphatic carbocycles. The predicted molar refractivity (Wildman–Crippen MR) is 97.0 cm³/mol. The minimum atomic E-state index is -0.342. The number of rotatable bonds is 6. The van der Waals surface area contributed by atoms with Gasteiger partial charge in [0.15, 0.2) is 0 Å². The molecule has 0 spiro atoms. The van der Waals surface area contributed by atoms with E-state index in [2.05, 4.69) is 14.9 Å². The average Bonchev–Trinajstić information content (AvgIpc) is 3.13. The van der Waals surface area contributed by atoms with Crippen LogP contribution in [0.15, 0.2) is 64.2 Å². The second kappa shape index (κ2) is 8.30. The number of thioether (sulfide) groups is 1. The van der Waals surface area contributed by atoms with Gasteiger partial charge in [0.05, 0.1) is 12.7 Å². The number of benzene rings is 2. The molecule has 0 fully saturated rings. The SMILES string of the molecule is COC(=O)c1ccc(CSc2nnc(C=Cc3ccccc3)o2)cc1. The van der Waals surface area contributed by atoms with Gasteiger partial charge in [-0.15, -0.1) is 10.2 Å². The molecule has 5 nitrogen and oxygen atoms in total. The molecule has 3 aromatic rings. The molecule has 0 saturated heterocycles. The number of ether oxygens (including phenoxy) is 1. The van der Waals surface area contributed by atoms with Crippen LogP contribution in [0.2, 0.25) is 0 Å². The highest BCUT2D eigenvalue weighted by Gasteiger charge is 2.07. The van der Waals surface area contributed by atoms with Crippen molar-refractivity contribution in [3.63, 3.8) is 0 Å². The highest BCUT2D eigenvalue weighted by Crippen LogP contribution is 2.22. The summed E-state index contributed by atoms with van der Waals surface area (Å²) in [7, 11) is 1.37. The highest BCUT2D eigenvalue weighted by molar-refractivity contribution is 7.98. The van der Waals surface area contributed by atoms with Gasteiger partial charge < -0.3 is 9.15 Å². The van der Waals surface area contributed by atoms with E-state index in [1.54, 1.807) is 18.2 Å². The van der Waals surface area contributed by atoms with E-state index in [0.29, 0.717) is 22.4 Å². The Morgan fingerprint density at radius 2 is 1.84 bits per heavy atom. The van der Waals surface area contributed by atoms with Gasteiger partial charge in [0, 0.05) is 11.8 Å². The molecule has 0 bridgehead atoms. The van der Waals surface area contributed by atoms with E-state index in [4.69, 9.17) is 4.42 Å². The Kier molecular flexibility index (Phi) is 5.64. The number of nitrogens with zero attached hydrogens (tertiary/aromatic N) is 2. The molecular formula is C19H16N2O3S. The van der Waals surface area contributed by atoms with Gasteiger partial charge in [-0.2, -0.15) is 0 Å². The third-order valence-electron chi connectivity index (χ3n) is 3.38. The number of aromatic nitrogens is 2. The van der Waals surface area contributed by atoms with Crippen molar-refractivity contribution in [1.29, 1.82) is 0 Å². The van der Waals surface area contributed by atoms with Crippen LogP contribution in [0, 0.1) is 0 Å². The van der Waals surface area contributed by atoms with Crippen molar-refractivity contribution in [1.82, 2.24) is 10.2 Å². The van der Waals surface area contributed by atoms with Crippen LogP contribution in [-0.4, -0.2) is 23.3 Å². The fourth-order valence-corrected chi connectivity index (χ4v) is 2.80. The van der Waals surface area contributed by atoms with Crippen LogP contribution in [0.25, 0.3) is 12.2 Å². The molecule has 0 aliphatic heterocycles. The maximum absolute atomic E-state index is 11.4. The average molecular weight is 352 g/mol. The van der Waals surface area contributed by atoms with Gasteiger partial charge >= 0.3 is 5.97 Å². The molecule has 0 amide bonds. The van der Waals surface area contributed by atoms with Gasteiger partial charge in [0.25, 0.3) is 5.22 Å². The van der Waals surface area contributed by atoms with E-state index in [9.17, 15) is 4.79 Å². The van der Waals surface area contributed by atoms with E-state index < -0.39 is 0 Å². The summed E-state index contributed by atoms with van der Waals surface area (Å²) < 4.78 is 10.3. The summed E-state index contributed by atoms with van der Waals surface area (Å²) in [4.78, 5) is 11.4. The first-order valence-electron chi connectivity index (χ1n) is 7.61. The molecule has 0 N–H and O–H groups in total. The van der Waals surface area contributed by atoms with E-state index >= 15 is 0 Å². The smallest absolute Gasteiger partial charge is 0.337 e. The number of hydrogen-bond donors (Lipinski definition) is 0. The zero-order valence-electron chi connectivity index (χ0n) is 13.6. The summed E-state index contributed by atoms with van der Waals surface area (Å²) in [5, 5.41) is 8.53. The van der Waals surface area contributed by atoms with Gasteiger partial charge in [0.2, 0.25) is 5.89 Å². The zero-order chi connectivity index (χ0) is 17.5. The minimum Gasteiger partial charge on any atom is -0.465 e. The Bertz CT molecular complexity index is 858. The van der Waals surface area contributed by atoms with Crippen LogP contribution < -0.4 is 0 Å². The van der Waals surface area contributed by atoms with Crippen molar-refractivity contribution in [2.24, 2.45) is 0 Å². The standard InChI is InChI=1S/C19H16N2O3S/c1-23-18(22)16-10-7-15(8-11-16)13-25-19-21-20-17(24-19)12-9-14-5-3-2-4-6-14/h2-12H,13H2,1H3. The second-order valence-corrected chi connectivity index (χ2v) is 6.05. The zero-order valence-corrected chi connectivity index (χ0v) is 14.4. The largest absolute Gasteiger partial charge is 0.465 e. The van der Waals surface area contributed by atoms with Crippen LogP contribution in [-0.2, 0) is 10.5 Å². The molecule has 126 valence electrons. The van der Waals surface area contributed by atoms with Crippen LogP contribution >= 0.6 is 11.8 Å². The lowest BCUT2D eigenvalue weighted by atomic mass is 10.1. The Balaban J connectivity index is 1.56. The van der Waals surface area contributed by atoms with Crippen LogP contribution in [0.4, 0.5) is 0 Å². The van der Waals surface area contributed by atoms with E-state index in [-0.39, 0.29) is 5.97 Å². The van der Waals surface area contributed by atoms with Gasteiger partial charge in [0.1, 0.15) is 0 Å². The number of methoxy groups -OCH3 is 1. The topological polar surface area (TPSA) is 65.2 Å². The van der Waals surface area contributed by atoms with E-state index in [1.807, 2.05) is 48.5 Å². The van der Waals surface area contributed by atoms with Crippen LogP contribution in [0.1, 0.15) is 27.4 Å². The first kappa shape index (κ1) is 17.0. The molecule has 0 unspecified atom stereocenters. The Labute approximate surface area is 149 Å². The maximum atomic E-state index is 11.4. The Hall–Kier alpha value is -2.86. The van der Waals surface area contributed by atoms with Gasteiger partial charge in [-0.3, -0.25) is 0 Å². The third-order valence-corrected chi connectivity index (χ3v) is 4.27. The second-order valence-electron chi connectivity index (χ2n) is 5.13. The lowest BCUT2D eigenvalue weighted by molar-refractivity contribution is 0.0600. The summed E-state index contributed by atoms with van der Waals surface area (Å²) >= 11 is 1.45. The number of esters is 1. The number of hydrogen-bond acceptors (Lipinski definition) is 6. The number of carbonyl (C=O) groups is 1. The fraction of sp³-hybridized carbons (Fsp3) is 0.105. The third kappa shape index (κ3) is 4.81. The van der Waals surface area contributed by atoms with E-state index in [1.165, 1.54) is 18.9 Å². The molecule has 0 saturated carbocycles. The molecule has 1 aromatic heterocycles. The van der Waals surface area contributed by atoms with Crippen LogP contribution in [0.5, 0.6) is 0 Å². The molecule has 1 heterocycles. The van der Waals surface area contributed by atoms with Gasteiger partial charge in [-0.25, -0.2) is 4.79 Å².